The summed E-state index contributed by atoms with van der Waals surface area (Å²) in [5.41, 5.74) is 1.08. The lowest BCUT2D eigenvalue weighted by molar-refractivity contribution is -0.274. The minimum Gasteiger partial charge on any atom is -0.481 e. The fourth-order valence-corrected chi connectivity index (χ4v) is 1.74. The van der Waals surface area contributed by atoms with Gasteiger partial charge in [-0.1, -0.05) is 12.1 Å². The highest BCUT2D eigenvalue weighted by molar-refractivity contribution is 5.71. The lowest BCUT2D eigenvalue weighted by Gasteiger charge is -2.11. The highest BCUT2D eigenvalue weighted by atomic mass is 19.4. The van der Waals surface area contributed by atoms with Crippen molar-refractivity contribution in [3.8, 4) is 28.8 Å². The van der Waals surface area contributed by atoms with Crippen LogP contribution < -0.4 is 9.47 Å². The second-order valence-electron chi connectivity index (χ2n) is 3.97. The van der Waals surface area contributed by atoms with Gasteiger partial charge in [0.15, 0.2) is 0 Å². The topological polar surface area (TPSA) is 55.1 Å². The molecule has 0 radical (unpaired) electrons. The molecule has 0 saturated carbocycles. The van der Waals surface area contributed by atoms with Crippen molar-refractivity contribution in [1.82, 2.24) is 4.98 Å². The Morgan fingerprint density at radius 1 is 1.24 bits per heavy atom. The summed E-state index contributed by atoms with van der Waals surface area (Å²) in [7, 11) is 1.38. The van der Waals surface area contributed by atoms with Crippen LogP contribution >= 0.6 is 0 Å². The van der Waals surface area contributed by atoms with E-state index < -0.39 is 6.36 Å². The van der Waals surface area contributed by atoms with Crippen LogP contribution in [0.3, 0.4) is 0 Å². The molecular weight excluding hydrogens is 285 g/mol. The molecule has 0 saturated heterocycles. The van der Waals surface area contributed by atoms with Crippen molar-refractivity contribution in [3.05, 3.63) is 42.1 Å². The van der Waals surface area contributed by atoms with Gasteiger partial charge in [-0.2, -0.15) is 5.26 Å². The van der Waals surface area contributed by atoms with E-state index >= 15 is 0 Å². The zero-order chi connectivity index (χ0) is 15.5. The van der Waals surface area contributed by atoms with Crippen molar-refractivity contribution >= 4 is 0 Å². The predicted molar refractivity (Wildman–Crippen MR) is 67.6 cm³/mol. The molecule has 0 amide bonds. The van der Waals surface area contributed by atoms with E-state index in [2.05, 4.69) is 9.72 Å². The summed E-state index contributed by atoms with van der Waals surface area (Å²) in [6.07, 6.45) is -3.45. The molecule has 0 aliphatic carbocycles. The third-order valence-electron chi connectivity index (χ3n) is 2.55. The highest BCUT2D eigenvalue weighted by Gasteiger charge is 2.31. The summed E-state index contributed by atoms with van der Waals surface area (Å²) in [5, 5.41) is 8.88. The number of halogens is 3. The zero-order valence-corrected chi connectivity index (χ0v) is 10.8. The fourth-order valence-electron chi connectivity index (χ4n) is 1.74. The maximum absolute atomic E-state index is 12.2. The van der Waals surface area contributed by atoms with Gasteiger partial charge in [-0.3, -0.25) is 0 Å². The Labute approximate surface area is 118 Å². The van der Waals surface area contributed by atoms with Gasteiger partial charge < -0.3 is 9.47 Å². The van der Waals surface area contributed by atoms with Crippen molar-refractivity contribution in [2.45, 2.75) is 6.36 Å². The summed E-state index contributed by atoms with van der Waals surface area (Å²) >= 11 is 0. The monoisotopic (exact) mass is 294 g/mol. The molecule has 0 atom stereocenters. The van der Waals surface area contributed by atoms with Gasteiger partial charge in [0.25, 0.3) is 0 Å². The van der Waals surface area contributed by atoms with Gasteiger partial charge in [-0.15, -0.1) is 13.2 Å². The summed E-state index contributed by atoms with van der Waals surface area (Å²) in [4.78, 5) is 3.94. The molecule has 1 aromatic carbocycles. The van der Waals surface area contributed by atoms with E-state index in [1.165, 1.54) is 37.6 Å². The van der Waals surface area contributed by atoms with Gasteiger partial charge in [-0.25, -0.2) is 4.98 Å². The van der Waals surface area contributed by atoms with E-state index in [1.807, 2.05) is 6.07 Å². The minimum absolute atomic E-state index is 0.207. The van der Waals surface area contributed by atoms with Crippen LogP contribution in [0, 0.1) is 11.3 Å². The fraction of sp³-hybridized carbons (Fsp3) is 0.143. The Morgan fingerprint density at radius 2 is 2.00 bits per heavy atom. The van der Waals surface area contributed by atoms with Crippen molar-refractivity contribution < 1.29 is 22.6 Å². The number of pyridine rings is 1. The van der Waals surface area contributed by atoms with Gasteiger partial charge in [-0.05, 0) is 23.8 Å². The molecule has 1 aromatic heterocycles. The largest absolute Gasteiger partial charge is 0.573 e. The number of hydrogen-bond acceptors (Lipinski definition) is 4. The first-order valence-electron chi connectivity index (χ1n) is 5.73. The van der Waals surface area contributed by atoms with Crippen molar-refractivity contribution in [3.63, 3.8) is 0 Å². The van der Waals surface area contributed by atoms with Gasteiger partial charge in [0, 0.05) is 11.8 Å². The molecule has 0 aliphatic rings. The summed E-state index contributed by atoms with van der Waals surface area (Å²) in [6.45, 7) is 0. The van der Waals surface area contributed by atoms with Crippen LogP contribution in [0.5, 0.6) is 11.6 Å². The van der Waals surface area contributed by atoms with E-state index in [-0.39, 0.29) is 17.2 Å². The van der Waals surface area contributed by atoms with Crippen LogP contribution in [0.2, 0.25) is 0 Å². The van der Waals surface area contributed by atoms with E-state index in [1.54, 1.807) is 6.07 Å². The van der Waals surface area contributed by atoms with Gasteiger partial charge in [0.1, 0.15) is 11.8 Å². The molecule has 0 aliphatic heterocycles. The standard InChI is InChI=1S/C14H9F3N2O2/c1-20-13-12(5-9(7-18)8-19-13)10-3-2-4-11(6-10)21-14(15,16)17/h2-6,8H,1H3. The van der Waals surface area contributed by atoms with Crippen LogP contribution in [-0.4, -0.2) is 18.5 Å². The number of ether oxygens (including phenoxy) is 2. The Bertz CT molecular complexity index is 693. The Morgan fingerprint density at radius 3 is 2.62 bits per heavy atom. The van der Waals surface area contributed by atoms with Gasteiger partial charge in [0.2, 0.25) is 5.88 Å². The molecule has 1 heterocycles. The number of benzene rings is 1. The number of hydrogen-bond donors (Lipinski definition) is 0. The van der Waals surface area contributed by atoms with Gasteiger partial charge in [0.05, 0.1) is 12.7 Å². The van der Waals surface area contributed by atoms with E-state index in [0.717, 1.165) is 0 Å². The molecule has 0 fully saturated rings. The average molecular weight is 294 g/mol. The number of alkyl halides is 3. The Balaban J connectivity index is 2.47. The van der Waals surface area contributed by atoms with Crippen molar-refractivity contribution in [2.75, 3.05) is 7.11 Å². The average Bonchev–Trinajstić information content (AvgIpc) is 2.45. The summed E-state index contributed by atoms with van der Waals surface area (Å²) in [6, 6.07) is 8.77. The smallest absolute Gasteiger partial charge is 0.481 e. The summed E-state index contributed by atoms with van der Waals surface area (Å²) < 4.78 is 45.6. The second-order valence-corrected chi connectivity index (χ2v) is 3.97. The predicted octanol–water partition coefficient (Wildman–Crippen LogP) is 3.53. The molecule has 21 heavy (non-hydrogen) atoms. The zero-order valence-electron chi connectivity index (χ0n) is 10.8. The number of rotatable bonds is 3. The molecule has 0 unspecified atom stereocenters. The minimum atomic E-state index is -4.77. The molecule has 108 valence electrons. The number of methoxy groups -OCH3 is 1. The molecule has 0 spiro atoms. The molecule has 0 bridgehead atoms. The maximum Gasteiger partial charge on any atom is 0.573 e. The van der Waals surface area contributed by atoms with E-state index in [0.29, 0.717) is 11.1 Å². The molecular formula is C14H9F3N2O2. The lowest BCUT2D eigenvalue weighted by atomic mass is 10.1. The number of nitriles is 1. The normalized spacial score (nSPS) is 10.8. The third-order valence-corrected chi connectivity index (χ3v) is 2.55. The Kier molecular flexibility index (Phi) is 3.98. The first-order chi connectivity index (χ1) is 9.93. The summed E-state index contributed by atoms with van der Waals surface area (Å²) in [5.74, 6) is -0.150. The number of aromatic nitrogens is 1. The first-order valence-corrected chi connectivity index (χ1v) is 5.73. The third kappa shape index (κ3) is 3.63. The molecule has 4 nitrogen and oxygen atoms in total. The maximum atomic E-state index is 12.2. The first kappa shape index (κ1) is 14.7. The molecule has 2 aromatic rings. The molecule has 7 heteroatoms. The van der Waals surface area contributed by atoms with E-state index in [9.17, 15) is 13.2 Å². The van der Waals surface area contributed by atoms with Gasteiger partial charge >= 0.3 is 6.36 Å². The molecule has 2 rings (SSSR count). The van der Waals surface area contributed by atoms with Crippen molar-refractivity contribution in [2.24, 2.45) is 0 Å². The van der Waals surface area contributed by atoms with Crippen LogP contribution in [-0.2, 0) is 0 Å². The van der Waals surface area contributed by atoms with Crippen LogP contribution in [0.25, 0.3) is 11.1 Å². The van der Waals surface area contributed by atoms with Crippen LogP contribution in [0.4, 0.5) is 13.2 Å². The SMILES string of the molecule is COc1ncc(C#N)cc1-c1cccc(OC(F)(F)F)c1. The van der Waals surface area contributed by atoms with Crippen LogP contribution in [0.15, 0.2) is 36.5 Å². The van der Waals surface area contributed by atoms with Crippen LogP contribution in [0.1, 0.15) is 5.56 Å². The van der Waals surface area contributed by atoms with E-state index in [4.69, 9.17) is 10.00 Å². The second kappa shape index (κ2) is 5.71. The quantitative estimate of drug-likeness (QED) is 0.869. The molecule has 0 N–H and O–H groups in total. The lowest BCUT2D eigenvalue weighted by Crippen LogP contribution is -2.17. The number of nitrogens with zero attached hydrogens (tertiary/aromatic N) is 2. The van der Waals surface area contributed by atoms with Crippen molar-refractivity contribution in [1.29, 1.82) is 5.26 Å². The highest BCUT2D eigenvalue weighted by Crippen LogP contribution is 2.32. The Hall–Kier alpha value is -2.75.